The highest BCUT2D eigenvalue weighted by molar-refractivity contribution is 5.76. The van der Waals surface area contributed by atoms with Crippen LogP contribution in [0, 0.1) is 11.7 Å². The molecule has 1 aliphatic heterocycles. The molecule has 8 rings (SSSR count). The second-order valence-corrected chi connectivity index (χ2v) is 12.1. The molecule has 2 heterocycles. The van der Waals surface area contributed by atoms with Crippen LogP contribution in [-0.2, 0) is 11.8 Å². The molecule has 2 fully saturated rings. The van der Waals surface area contributed by atoms with E-state index in [1.54, 1.807) is 12.1 Å². The first-order chi connectivity index (χ1) is 20.6. The molecule has 4 aliphatic rings. The van der Waals surface area contributed by atoms with Crippen LogP contribution in [0.3, 0.4) is 0 Å². The largest absolute Gasteiger partial charge is 0.368 e. The summed E-state index contributed by atoms with van der Waals surface area (Å²) >= 11 is 0. The Labute approximate surface area is 245 Å². The summed E-state index contributed by atoms with van der Waals surface area (Å²) in [6.07, 6.45) is 8.31. The Kier molecular flexibility index (Phi) is 5.95. The minimum atomic E-state index is -0.245. The fourth-order valence-corrected chi connectivity index (χ4v) is 8.06. The maximum atomic E-state index is 13.6. The van der Waals surface area contributed by atoms with Gasteiger partial charge >= 0.3 is 6.03 Å². The fourth-order valence-electron chi connectivity index (χ4n) is 8.06. The van der Waals surface area contributed by atoms with Gasteiger partial charge in [0.2, 0.25) is 0 Å². The van der Waals surface area contributed by atoms with Crippen LogP contribution in [0.1, 0.15) is 47.7 Å². The summed E-state index contributed by atoms with van der Waals surface area (Å²) in [7, 11) is 0. The van der Waals surface area contributed by atoms with Gasteiger partial charge in [-0.1, -0.05) is 48.0 Å². The van der Waals surface area contributed by atoms with Gasteiger partial charge in [0.15, 0.2) is 0 Å². The first-order valence-electron chi connectivity index (χ1n) is 15.1. The number of halogens is 1. The van der Waals surface area contributed by atoms with Gasteiger partial charge in [-0.2, -0.15) is 5.10 Å². The molecule has 1 N–H and O–H groups in total. The summed E-state index contributed by atoms with van der Waals surface area (Å²) < 4.78 is 15.5. The molecule has 4 aromatic rings. The number of carbonyl (C=O) groups is 1. The molecule has 0 bridgehead atoms. The van der Waals surface area contributed by atoms with E-state index in [0.717, 1.165) is 63.2 Å². The molecule has 1 saturated carbocycles. The lowest BCUT2D eigenvalue weighted by Crippen LogP contribution is -2.53. The van der Waals surface area contributed by atoms with Crippen molar-refractivity contribution in [3.05, 3.63) is 119 Å². The average molecular weight is 560 g/mol. The van der Waals surface area contributed by atoms with Crippen molar-refractivity contribution in [3.63, 3.8) is 0 Å². The summed E-state index contributed by atoms with van der Waals surface area (Å²) in [5.74, 6) is 0.201. The van der Waals surface area contributed by atoms with E-state index in [0.29, 0.717) is 5.92 Å². The number of piperazine rings is 1. The molecule has 3 aliphatic carbocycles. The Hall–Kier alpha value is -4.39. The number of urea groups is 1. The van der Waals surface area contributed by atoms with E-state index < -0.39 is 0 Å². The normalized spacial score (nSPS) is 24.3. The molecule has 1 spiro atoms. The number of anilines is 1. The number of hydrogen-bond donors (Lipinski definition) is 1. The Balaban J connectivity index is 1.05. The Morgan fingerprint density at radius 3 is 2.48 bits per heavy atom. The number of benzene rings is 3. The number of amides is 2. The summed E-state index contributed by atoms with van der Waals surface area (Å²) in [6.45, 7) is 3.12. The van der Waals surface area contributed by atoms with E-state index in [1.807, 2.05) is 21.8 Å². The van der Waals surface area contributed by atoms with Crippen LogP contribution in [0.5, 0.6) is 0 Å². The Bertz CT molecular complexity index is 1670. The smallest absolute Gasteiger partial charge is 0.318 e. The van der Waals surface area contributed by atoms with Crippen LogP contribution >= 0.6 is 0 Å². The number of nitrogens with one attached hydrogen (secondary N) is 1. The maximum absolute atomic E-state index is 13.6. The molecule has 1 unspecified atom stereocenters. The molecule has 3 atom stereocenters. The summed E-state index contributed by atoms with van der Waals surface area (Å²) in [5, 5.41) is 8.19. The number of hydrogen-bond acceptors (Lipinski definition) is 3. The van der Waals surface area contributed by atoms with Gasteiger partial charge in [0.25, 0.3) is 0 Å². The zero-order valence-electron chi connectivity index (χ0n) is 23.5. The fraction of sp³-hybridized carbons (Fsp3) is 0.314. The molecule has 7 heteroatoms. The SMILES string of the molecule is O=C(NC1C[C@H]2CCC3=Cc4c(cnn4-c4ccc(F)cc4)C[C@@]32c2ccccc21)N1CCN(c2ccccc2)CC1. The van der Waals surface area contributed by atoms with Crippen LogP contribution in [-0.4, -0.2) is 46.9 Å². The molecule has 212 valence electrons. The number of rotatable bonds is 3. The lowest BCUT2D eigenvalue weighted by molar-refractivity contribution is 0.182. The lowest BCUT2D eigenvalue weighted by Gasteiger charge is -2.47. The predicted molar refractivity (Wildman–Crippen MR) is 162 cm³/mol. The molecule has 1 aromatic heterocycles. The number of fused-ring (bicyclic) bond motifs is 2. The molecule has 3 aromatic carbocycles. The van der Waals surface area contributed by atoms with Gasteiger partial charge in [0, 0.05) is 37.3 Å². The molecular formula is C35H34FN5O. The highest BCUT2D eigenvalue weighted by Crippen LogP contribution is 2.60. The topological polar surface area (TPSA) is 53.4 Å². The van der Waals surface area contributed by atoms with Crippen LogP contribution in [0.2, 0.25) is 0 Å². The molecule has 0 radical (unpaired) electrons. The van der Waals surface area contributed by atoms with E-state index in [-0.39, 0.29) is 23.3 Å². The zero-order chi connectivity index (χ0) is 28.3. The van der Waals surface area contributed by atoms with Crippen molar-refractivity contribution in [1.82, 2.24) is 20.0 Å². The number of carbonyl (C=O) groups excluding carboxylic acids is 1. The molecular weight excluding hydrogens is 525 g/mol. The number of para-hydroxylation sites is 1. The Morgan fingerprint density at radius 2 is 1.67 bits per heavy atom. The third-order valence-corrected chi connectivity index (χ3v) is 10.1. The summed E-state index contributed by atoms with van der Waals surface area (Å²) in [4.78, 5) is 17.9. The van der Waals surface area contributed by atoms with Crippen LogP contribution in [0.4, 0.5) is 14.9 Å². The van der Waals surface area contributed by atoms with Gasteiger partial charge < -0.3 is 15.1 Å². The first kappa shape index (κ1) is 25.3. The van der Waals surface area contributed by atoms with Crippen molar-refractivity contribution in [1.29, 1.82) is 0 Å². The standard InChI is InChI=1S/C35H34FN5O/c36-27-12-14-29(15-13-27)41-33-21-26-11-10-25-20-32(30-8-4-5-9-31(30)35(25,26)22-24(33)23-37-41)38-34(42)40-18-16-39(17-19-40)28-6-2-1-3-7-28/h1-9,12-15,21,23,25,32H,10-11,16-20,22H2,(H,38,42)/t25-,32?,35+/m1/s1. The van der Waals surface area contributed by atoms with Crippen molar-refractivity contribution in [2.75, 3.05) is 31.1 Å². The van der Waals surface area contributed by atoms with Crippen molar-refractivity contribution in [2.24, 2.45) is 5.92 Å². The van der Waals surface area contributed by atoms with Crippen LogP contribution in [0.15, 0.2) is 90.6 Å². The van der Waals surface area contributed by atoms with Gasteiger partial charge in [-0.15, -0.1) is 0 Å². The molecule has 2 amide bonds. The zero-order valence-corrected chi connectivity index (χ0v) is 23.5. The maximum Gasteiger partial charge on any atom is 0.318 e. The number of aromatic nitrogens is 2. The van der Waals surface area contributed by atoms with E-state index in [9.17, 15) is 9.18 Å². The van der Waals surface area contributed by atoms with Crippen LogP contribution in [0.25, 0.3) is 11.8 Å². The van der Waals surface area contributed by atoms with Gasteiger partial charge in [0.05, 0.1) is 23.6 Å². The third-order valence-electron chi connectivity index (χ3n) is 10.1. The predicted octanol–water partition coefficient (Wildman–Crippen LogP) is 6.28. The monoisotopic (exact) mass is 559 g/mol. The van der Waals surface area contributed by atoms with E-state index in [1.165, 1.54) is 40.1 Å². The van der Waals surface area contributed by atoms with Crippen molar-refractivity contribution in [2.45, 2.75) is 37.1 Å². The lowest BCUT2D eigenvalue weighted by atomic mass is 9.58. The van der Waals surface area contributed by atoms with Gasteiger partial charge in [-0.3, -0.25) is 0 Å². The van der Waals surface area contributed by atoms with E-state index in [4.69, 9.17) is 5.10 Å². The van der Waals surface area contributed by atoms with Gasteiger partial charge in [0.1, 0.15) is 5.82 Å². The van der Waals surface area contributed by atoms with Crippen molar-refractivity contribution < 1.29 is 9.18 Å². The van der Waals surface area contributed by atoms with Gasteiger partial charge in [-0.05, 0) is 90.8 Å². The second-order valence-electron chi connectivity index (χ2n) is 12.1. The molecule has 6 nitrogen and oxygen atoms in total. The first-order valence-corrected chi connectivity index (χ1v) is 15.1. The van der Waals surface area contributed by atoms with Crippen molar-refractivity contribution >= 4 is 17.8 Å². The van der Waals surface area contributed by atoms with Gasteiger partial charge in [-0.25, -0.2) is 13.9 Å². The highest BCUT2D eigenvalue weighted by Gasteiger charge is 2.54. The molecule has 1 saturated heterocycles. The molecule has 42 heavy (non-hydrogen) atoms. The minimum Gasteiger partial charge on any atom is -0.368 e. The minimum absolute atomic E-state index is 0.000775. The quantitative estimate of drug-likeness (QED) is 0.322. The number of allylic oxidation sites excluding steroid dienone is 1. The van der Waals surface area contributed by atoms with E-state index in [2.05, 4.69) is 64.8 Å². The summed E-state index contributed by atoms with van der Waals surface area (Å²) in [6, 6.07) is 25.8. The Morgan fingerprint density at radius 1 is 0.905 bits per heavy atom. The van der Waals surface area contributed by atoms with Crippen molar-refractivity contribution in [3.8, 4) is 5.69 Å². The average Bonchev–Trinajstić information content (AvgIpc) is 3.62. The van der Waals surface area contributed by atoms with Crippen LogP contribution < -0.4 is 10.2 Å². The highest BCUT2D eigenvalue weighted by atomic mass is 19.1. The number of nitrogens with zero attached hydrogens (tertiary/aromatic N) is 4. The second kappa shape index (κ2) is 9.86. The third kappa shape index (κ3) is 3.97. The van der Waals surface area contributed by atoms with E-state index >= 15 is 0 Å². The summed E-state index contributed by atoms with van der Waals surface area (Å²) in [5.41, 5.74) is 8.40.